The molecule has 1 saturated heterocycles. The van der Waals surface area contributed by atoms with Gasteiger partial charge in [-0.1, -0.05) is 19.9 Å². The van der Waals surface area contributed by atoms with Gasteiger partial charge in [-0.15, -0.1) is 0 Å². The maximum atomic E-state index is 13.1. The minimum absolute atomic E-state index is 0.0853. The Morgan fingerprint density at radius 1 is 1.24 bits per heavy atom. The Bertz CT molecular complexity index is 470. The summed E-state index contributed by atoms with van der Waals surface area (Å²) < 4.78 is 13.1. The van der Waals surface area contributed by atoms with Gasteiger partial charge in [-0.2, -0.15) is 0 Å². The van der Waals surface area contributed by atoms with Gasteiger partial charge in [0.05, 0.1) is 6.54 Å². The van der Waals surface area contributed by atoms with Gasteiger partial charge in [0, 0.05) is 38.4 Å². The fourth-order valence-electron chi connectivity index (χ4n) is 2.62. The van der Waals surface area contributed by atoms with Crippen molar-refractivity contribution in [3.63, 3.8) is 0 Å². The summed E-state index contributed by atoms with van der Waals surface area (Å²) in [4.78, 5) is 16.5. The maximum Gasteiger partial charge on any atom is 0.238 e. The maximum absolute atomic E-state index is 13.1. The first-order valence-electron chi connectivity index (χ1n) is 7.53. The molecular weight excluding hydrogens is 269 g/mol. The van der Waals surface area contributed by atoms with E-state index in [1.54, 1.807) is 12.1 Å². The SMILES string of the molecule is CC(C)CN1CCN(CC(=O)Nc2cccc(F)c2)CC1. The highest BCUT2D eigenvalue weighted by molar-refractivity contribution is 5.92. The number of nitrogens with one attached hydrogen (secondary N) is 1. The highest BCUT2D eigenvalue weighted by atomic mass is 19.1. The molecule has 21 heavy (non-hydrogen) atoms. The lowest BCUT2D eigenvalue weighted by Crippen LogP contribution is -2.49. The zero-order valence-electron chi connectivity index (χ0n) is 12.8. The summed E-state index contributed by atoms with van der Waals surface area (Å²) in [6.45, 7) is 9.75. The summed E-state index contributed by atoms with van der Waals surface area (Å²) in [6, 6.07) is 5.99. The molecule has 0 bridgehead atoms. The number of piperazine rings is 1. The van der Waals surface area contributed by atoms with Crippen LogP contribution < -0.4 is 5.32 Å². The van der Waals surface area contributed by atoms with Gasteiger partial charge >= 0.3 is 0 Å². The van der Waals surface area contributed by atoms with E-state index in [-0.39, 0.29) is 11.7 Å². The third kappa shape index (κ3) is 5.44. The van der Waals surface area contributed by atoms with Crippen molar-refractivity contribution in [1.29, 1.82) is 0 Å². The molecule has 1 fully saturated rings. The summed E-state index contributed by atoms with van der Waals surface area (Å²) >= 11 is 0. The van der Waals surface area contributed by atoms with Crippen LogP contribution in [0.1, 0.15) is 13.8 Å². The number of nitrogens with zero attached hydrogens (tertiary/aromatic N) is 2. The molecule has 1 N–H and O–H groups in total. The van der Waals surface area contributed by atoms with Crippen LogP contribution in [0.15, 0.2) is 24.3 Å². The predicted octanol–water partition coefficient (Wildman–Crippen LogP) is 2.04. The van der Waals surface area contributed by atoms with Gasteiger partial charge in [0.1, 0.15) is 5.82 Å². The standard InChI is InChI=1S/C16H24FN3O/c1-13(2)11-19-6-8-20(9-7-19)12-16(21)18-15-5-3-4-14(17)10-15/h3-5,10,13H,6-9,11-12H2,1-2H3,(H,18,21). The molecular formula is C16H24FN3O. The molecule has 0 aliphatic carbocycles. The van der Waals surface area contributed by atoms with E-state index in [4.69, 9.17) is 0 Å². The number of halogens is 1. The molecule has 0 aromatic heterocycles. The van der Waals surface area contributed by atoms with Crippen molar-refractivity contribution in [2.75, 3.05) is 44.6 Å². The van der Waals surface area contributed by atoms with Crippen molar-refractivity contribution in [2.45, 2.75) is 13.8 Å². The molecule has 1 aliphatic heterocycles. The highest BCUT2D eigenvalue weighted by Gasteiger charge is 2.19. The molecule has 0 spiro atoms. The molecule has 1 aliphatic rings. The van der Waals surface area contributed by atoms with Gasteiger partial charge < -0.3 is 10.2 Å². The van der Waals surface area contributed by atoms with Crippen molar-refractivity contribution >= 4 is 11.6 Å². The average Bonchev–Trinajstić information content (AvgIpc) is 2.40. The van der Waals surface area contributed by atoms with Crippen LogP contribution >= 0.6 is 0 Å². The normalized spacial score (nSPS) is 17.1. The lowest BCUT2D eigenvalue weighted by atomic mass is 10.2. The van der Waals surface area contributed by atoms with Crippen LogP contribution in [0.3, 0.4) is 0 Å². The number of hydrogen-bond donors (Lipinski definition) is 1. The van der Waals surface area contributed by atoms with Crippen LogP contribution in [-0.2, 0) is 4.79 Å². The number of carbonyl (C=O) groups excluding carboxylic acids is 1. The van der Waals surface area contributed by atoms with Crippen molar-refractivity contribution < 1.29 is 9.18 Å². The molecule has 1 aromatic rings. The second-order valence-electron chi connectivity index (χ2n) is 6.03. The van der Waals surface area contributed by atoms with Gasteiger partial charge in [0.25, 0.3) is 0 Å². The largest absolute Gasteiger partial charge is 0.325 e. The summed E-state index contributed by atoms with van der Waals surface area (Å²) in [6.07, 6.45) is 0. The topological polar surface area (TPSA) is 35.6 Å². The number of rotatable bonds is 5. The van der Waals surface area contributed by atoms with E-state index in [0.717, 1.165) is 32.7 Å². The number of anilines is 1. The Morgan fingerprint density at radius 3 is 2.52 bits per heavy atom. The number of benzene rings is 1. The van der Waals surface area contributed by atoms with Crippen LogP contribution in [0.5, 0.6) is 0 Å². The van der Waals surface area contributed by atoms with E-state index in [0.29, 0.717) is 18.2 Å². The highest BCUT2D eigenvalue weighted by Crippen LogP contribution is 2.10. The Kier molecular flexibility index (Phi) is 5.70. The average molecular weight is 293 g/mol. The predicted molar refractivity (Wildman–Crippen MR) is 82.7 cm³/mol. The summed E-state index contributed by atoms with van der Waals surface area (Å²) in [7, 11) is 0. The second kappa shape index (κ2) is 7.52. The van der Waals surface area contributed by atoms with E-state index in [2.05, 4.69) is 29.0 Å². The molecule has 4 nitrogen and oxygen atoms in total. The first kappa shape index (κ1) is 15.9. The van der Waals surface area contributed by atoms with Crippen LogP contribution in [-0.4, -0.2) is 55.0 Å². The second-order valence-corrected chi connectivity index (χ2v) is 6.03. The van der Waals surface area contributed by atoms with Crippen LogP contribution in [0.2, 0.25) is 0 Å². The Labute approximate surface area is 125 Å². The molecule has 0 unspecified atom stereocenters. The van der Waals surface area contributed by atoms with Crippen molar-refractivity contribution in [3.05, 3.63) is 30.1 Å². The molecule has 1 aromatic carbocycles. The Morgan fingerprint density at radius 2 is 1.90 bits per heavy atom. The molecule has 2 rings (SSSR count). The minimum atomic E-state index is -0.338. The number of carbonyl (C=O) groups is 1. The first-order valence-corrected chi connectivity index (χ1v) is 7.53. The molecule has 1 heterocycles. The zero-order valence-corrected chi connectivity index (χ0v) is 12.8. The van der Waals surface area contributed by atoms with E-state index in [9.17, 15) is 9.18 Å². The summed E-state index contributed by atoms with van der Waals surface area (Å²) in [5.41, 5.74) is 0.512. The number of amides is 1. The number of hydrogen-bond acceptors (Lipinski definition) is 3. The first-order chi connectivity index (χ1) is 10.0. The fraction of sp³-hybridized carbons (Fsp3) is 0.562. The lowest BCUT2D eigenvalue weighted by Gasteiger charge is -2.35. The zero-order chi connectivity index (χ0) is 15.2. The van der Waals surface area contributed by atoms with E-state index >= 15 is 0 Å². The van der Waals surface area contributed by atoms with Gasteiger partial charge in [-0.3, -0.25) is 9.69 Å². The monoisotopic (exact) mass is 293 g/mol. The molecule has 116 valence electrons. The fourth-order valence-corrected chi connectivity index (χ4v) is 2.62. The smallest absolute Gasteiger partial charge is 0.238 e. The van der Waals surface area contributed by atoms with E-state index < -0.39 is 0 Å². The van der Waals surface area contributed by atoms with Crippen LogP contribution in [0.4, 0.5) is 10.1 Å². The molecule has 0 radical (unpaired) electrons. The lowest BCUT2D eigenvalue weighted by molar-refractivity contribution is -0.117. The third-order valence-corrected chi connectivity index (χ3v) is 3.56. The van der Waals surface area contributed by atoms with Crippen LogP contribution in [0.25, 0.3) is 0 Å². The Hall–Kier alpha value is -1.46. The van der Waals surface area contributed by atoms with E-state index in [1.165, 1.54) is 12.1 Å². The van der Waals surface area contributed by atoms with Gasteiger partial charge in [0.2, 0.25) is 5.91 Å². The quantitative estimate of drug-likeness (QED) is 0.902. The van der Waals surface area contributed by atoms with E-state index in [1.807, 2.05) is 0 Å². The van der Waals surface area contributed by atoms with Gasteiger partial charge in [0.15, 0.2) is 0 Å². The summed E-state index contributed by atoms with van der Waals surface area (Å²) in [5.74, 6) is 0.251. The van der Waals surface area contributed by atoms with Crippen molar-refractivity contribution in [3.8, 4) is 0 Å². The summed E-state index contributed by atoms with van der Waals surface area (Å²) in [5, 5.41) is 2.74. The Balaban J connectivity index is 1.74. The van der Waals surface area contributed by atoms with Crippen molar-refractivity contribution in [1.82, 2.24) is 9.80 Å². The van der Waals surface area contributed by atoms with Crippen LogP contribution in [0, 0.1) is 11.7 Å². The molecule has 0 atom stereocenters. The molecule has 5 heteroatoms. The van der Waals surface area contributed by atoms with Gasteiger partial charge in [-0.25, -0.2) is 4.39 Å². The minimum Gasteiger partial charge on any atom is -0.325 e. The third-order valence-electron chi connectivity index (χ3n) is 3.56. The molecule has 1 amide bonds. The van der Waals surface area contributed by atoms with Crippen molar-refractivity contribution in [2.24, 2.45) is 5.92 Å². The molecule has 0 saturated carbocycles. The van der Waals surface area contributed by atoms with Gasteiger partial charge in [-0.05, 0) is 24.1 Å².